The van der Waals surface area contributed by atoms with E-state index in [2.05, 4.69) is 45.1 Å². The van der Waals surface area contributed by atoms with Crippen LogP contribution < -0.4 is 10.6 Å². The van der Waals surface area contributed by atoms with Gasteiger partial charge in [-0.15, -0.1) is 0 Å². The first kappa shape index (κ1) is 32.6. The number of halogens is 2. The van der Waals surface area contributed by atoms with Gasteiger partial charge in [-0.2, -0.15) is 0 Å². The zero-order chi connectivity index (χ0) is 29.6. The molecular weight excluding hydrogens is 606 g/mol. The van der Waals surface area contributed by atoms with Gasteiger partial charge in [-0.1, -0.05) is 106 Å². The maximum atomic E-state index is 15.6. The molecule has 6 rings (SSSR count). The van der Waals surface area contributed by atoms with Crippen LogP contribution in [-0.4, -0.2) is 18.3 Å². The molecule has 5 radical (unpaired) electrons. The van der Waals surface area contributed by atoms with Crippen LogP contribution in [0.1, 0.15) is 44.7 Å². The summed E-state index contributed by atoms with van der Waals surface area (Å²) in [7, 11) is 6.35. The Morgan fingerprint density at radius 3 is 1.76 bits per heavy atom. The molecule has 1 saturated carbocycles. The monoisotopic (exact) mass is 641 g/mol. The van der Waals surface area contributed by atoms with Gasteiger partial charge in [0.05, 0.1) is 11.0 Å². The molecule has 0 bridgehead atoms. The quantitative estimate of drug-likeness (QED) is 0.270. The SMILES string of the molecule is C1CCOC1.Cc1cc(C(C)(C)C)c(O)c(P(=O)([C]2[C]3C=CC=C[C]3[C]3C=CC=C[C]32)c2ccccc2)c1.[Cl][Ti][Cl]. The minimum atomic E-state index is -3.43. The normalized spacial score (nSPS) is 20.4. The van der Waals surface area contributed by atoms with E-state index in [1.165, 1.54) is 12.8 Å². The van der Waals surface area contributed by atoms with Crippen molar-refractivity contribution < 1.29 is 31.4 Å². The molecule has 0 amide bonds. The van der Waals surface area contributed by atoms with Gasteiger partial charge in [-0.3, -0.25) is 0 Å². The summed E-state index contributed by atoms with van der Waals surface area (Å²) in [5, 5.41) is 12.9. The van der Waals surface area contributed by atoms with Crippen LogP contribution in [0.25, 0.3) is 0 Å². The second kappa shape index (κ2) is 14.4. The number of rotatable bonds is 3. The van der Waals surface area contributed by atoms with Gasteiger partial charge in [-0.25, -0.2) is 0 Å². The number of aromatic hydroxyl groups is 1. The summed E-state index contributed by atoms with van der Waals surface area (Å²) >= 11 is -0.556. The van der Waals surface area contributed by atoms with E-state index in [9.17, 15) is 5.11 Å². The second-order valence-electron chi connectivity index (χ2n) is 11.2. The fourth-order valence-corrected chi connectivity index (χ4v) is 8.68. The summed E-state index contributed by atoms with van der Waals surface area (Å²) in [6.07, 6.45) is 18.9. The molecule has 2 aromatic carbocycles. The minimum absolute atomic E-state index is 0.134. The molecule has 1 N–H and O–H groups in total. The number of phenols is 1. The topological polar surface area (TPSA) is 46.5 Å². The van der Waals surface area contributed by atoms with Crippen molar-refractivity contribution in [1.29, 1.82) is 0 Å². The van der Waals surface area contributed by atoms with Gasteiger partial charge in [0.15, 0.2) is 7.14 Å². The van der Waals surface area contributed by atoms with Crippen molar-refractivity contribution in [1.82, 2.24) is 0 Å². The predicted octanol–water partition coefficient (Wildman–Crippen LogP) is 8.58. The van der Waals surface area contributed by atoms with E-state index in [1.807, 2.05) is 73.7 Å². The van der Waals surface area contributed by atoms with Gasteiger partial charge in [0, 0.05) is 47.8 Å². The third-order valence-electron chi connectivity index (χ3n) is 7.30. The third-order valence-corrected chi connectivity index (χ3v) is 10.5. The van der Waals surface area contributed by atoms with E-state index in [0.29, 0.717) is 5.30 Å². The van der Waals surface area contributed by atoms with Crippen molar-refractivity contribution in [2.75, 3.05) is 13.2 Å². The zero-order valence-corrected chi connectivity index (χ0v) is 27.9. The Labute approximate surface area is 262 Å². The molecule has 1 saturated heterocycles. The number of hydrogen-bond acceptors (Lipinski definition) is 3. The molecule has 2 fully saturated rings. The molecule has 1 unspecified atom stereocenters. The van der Waals surface area contributed by atoms with Gasteiger partial charge >= 0.3 is 35.6 Å². The predicted molar refractivity (Wildman–Crippen MR) is 169 cm³/mol. The number of ether oxygens (including phenoxy) is 1. The van der Waals surface area contributed by atoms with E-state index in [4.69, 9.17) is 23.3 Å². The Morgan fingerprint density at radius 2 is 1.32 bits per heavy atom. The Kier molecular flexibility index (Phi) is 11.5. The standard InChI is InChI=1S/C30H28O2P.C4H8O.2ClH.Ti/c1-20-18-26(30(2,3)4)28(31)27(19-20)33(32,21-12-6-5-7-13-21)29-24-16-10-8-14-22(24)23-15-9-11-17-25(23)29;1-2-4-5-3-1;;;/h5-19,31H,1-4H3;1-4H2;2*1H;/q;;;;+2/p-2. The van der Waals surface area contributed by atoms with Crippen LogP contribution in [0.2, 0.25) is 0 Å². The summed E-state index contributed by atoms with van der Waals surface area (Å²) in [6, 6.07) is 13.6. The fourth-order valence-electron chi connectivity index (χ4n) is 5.44. The van der Waals surface area contributed by atoms with E-state index in [-0.39, 0.29) is 11.2 Å². The van der Waals surface area contributed by atoms with Crippen molar-refractivity contribution in [2.24, 2.45) is 0 Å². The number of benzene rings is 2. The van der Waals surface area contributed by atoms with Gasteiger partial charge in [-0.05, 0) is 36.8 Å². The first-order chi connectivity index (χ1) is 19.6. The van der Waals surface area contributed by atoms with Crippen LogP contribution in [0.15, 0.2) is 91.1 Å². The van der Waals surface area contributed by atoms with Crippen LogP contribution in [0.3, 0.4) is 0 Å². The van der Waals surface area contributed by atoms with E-state index >= 15 is 4.57 Å². The summed E-state index contributed by atoms with van der Waals surface area (Å²) in [6.45, 7) is 10.2. The number of hydrogen-bond donors (Lipinski definition) is 1. The zero-order valence-electron chi connectivity index (χ0n) is 24.0. The van der Waals surface area contributed by atoms with Crippen LogP contribution in [0, 0.1) is 36.3 Å². The molecule has 3 aliphatic carbocycles. The van der Waals surface area contributed by atoms with Gasteiger partial charge < -0.3 is 14.4 Å². The molecule has 1 aliphatic heterocycles. The molecule has 213 valence electrons. The number of aryl methyl sites for hydroxylation is 1. The van der Waals surface area contributed by atoms with Crippen LogP contribution in [0.5, 0.6) is 5.75 Å². The molecule has 7 heteroatoms. The maximum absolute atomic E-state index is 15.6. The average molecular weight is 642 g/mol. The number of fused-ring (bicyclic) bond motifs is 3. The van der Waals surface area contributed by atoms with Crippen LogP contribution >= 0.6 is 25.8 Å². The second-order valence-corrected chi connectivity index (χ2v) is 16.4. The van der Waals surface area contributed by atoms with E-state index in [0.717, 1.165) is 59.0 Å². The molecule has 4 aliphatic rings. The van der Waals surface area contributed by atoms with Gasteiger partial charge in [0.2, 0.25) is 0 Å². The number of allylic oxidation sites excluding steroid dienone is 8. The Hall–Kier alpha value is -1.32. The van der Waals surface area contributed by atoms with Crippen molar-refractivity contribution >= 4 is 36.4 Å². The summed E-state index contributed by atoms with van der Waals surface area (Å²) in [4.78, 5) is 0. The van der Waals surface area contributed by atoms with Crippen LogP contribution in [0.4, 0.5) is 0 Å². The first-order valence-electron chi connectivity index (χ1n) is 13.8. The first-order valence-corrected chi connectivity index (χ1v) is 19.8. The van der Waals surface area contributed by atoms with Crippen molar-refractivity contribution in [3.63, 3.8) is 0 Å². The van der Waals surface area contributed by atoms with E-state index < -0.39 is 24.2 Å². The summed E-state index contributed by atoms with van der Waals surface area (Å²) < 4.78 is 20.5. The Balaban J connectivity index is 0.000000424. The summed E-state index contributed by atoms with van der Waals surface area (Å²) in [5.41, 5.74) is 2.32. The molecule has 3 nitrogen and oxygen atoms in total. The van der Waals surface area contributed by atoms with Crippen LogP contribution in [-0.2, 0) is 31.7 Å². The van der Waals surface area contributed by atoms with Gasteiger partial charge in [0.25, 0.3) is 0 Å². The Morgan fingerprint density at radius 1 is 0.829 bits per heavy atom. The van der Waals surface area contributed by atoms with Gasteiger partial charge in [0.1, 0.15) is 5.75 Å². The average Bonchev–Trinajstić information content (AvgIpc) is 3.65. The molecule has 1 heterocycles. The van der Waals surface area contributed by atoms with Crippen molar-refractivity contribution in [2.45, 2.75) is 46.0 Å². The number of phenolic OH excluding ortho intramolecular Hbond substituents is 1. The third kappa shape index (κ3) is 7.09. The molecule has 0 spiro atoms. The molecule has 41 heavy (non-hydrogen) atoms. The summed E-state index contributed by atoms with van der Waals surface area (Å²) in [5.74, 6) is 4.26. The molecular formula is C34H36Cl2O3PTi. The van der Waals surface area contributed by atoms with Crippen molar-refractivity contribution in [3.05, 3.63) is 132 Å². The molecule has 0 aromatic heterocycles. The van der Waals surface area contributed by atoms with Crippen molar-refractivity contribution in [3.8, 4) is 5.75 Å². The molecule has 1 atom stereocenters. The fraction of sp³-hybridized carbons (Fsp3) is 0.265. The molecule has 2 aromatic rings. The van der Waals surface area contributed by atoms with E-state index in [1.54, 1.807) is 0 Å². The Bertz CT molecular complexity index is 1300.